The van der Waals surface area contributed by atoms with Crippen LogP contribution in [-0.4, -0.2) is 81.7 Å². The zero-order valence-corrected chi connectivity index (χ0v) is 16.3. The molecule has 4 atom stereocenters. The molecule has 0 saturated heterocycles. The Morgan fingerprint density at radius 3 is 1.93 bits per heavy atom. The molecule has 0 aromatic rings. The van der Waals surface area contributed by atoms with E-state index >= 15 is 0 Å². The second-order valence-corrected chi connectivity index (χ2v) is 6.44. The highest BCUT2D eigenvalue weighted by molar-refractivity contribution is 5.93. The number of carbonyl (C=O) groups is 6. The summed E-state index contributed by atoms with van der Waals surface area (Å²) in [6, 6.07) is -4.12. The first kappa shape index (κ1) is 26.7. The molecule has 0 aliphatic rings. The van der Waals surface area contributed by atoms with Gasteiger partial charge in [0.2, 0.25) is 23.6 Å². The third-order valence-corrected chi connectivity index (χ3v) is 3.84. The topological polar surface area (TPSA) is 251 Å². The van der Waals surface area contributed by atoms with Crippen molar-refractivity contribution in [1.29, 1.82) is 0 Å². The monoisotopic (exact) mass is 433 g/mol. The van der Waals surface area contributed by atoms with Crippen molar-refractivity contribution in [2.45, 2.75) is 56.8 Å². The molecule has 14 nitrogen and oxygen atoms in total. The Kier molecular flexibility index (Phi) is 11.6. The van der Waals surface area contributed by atoms with E-state index in [2.05, 4.69) is 16.0 Å². The maximum absolute atomic E-state index is 12.3. The Morgan fingerprint density at radius 2 is 1.47 bits per heavy atom. The van der Waals surface area contributed by atoms with Gasteiger partial charge in [-0.3, -0.25) is 24.0 Å². The third kappa shape index (κ3) is 10.9. The lowest BCUT2D eigenvalue weighted by Gasteiger charge is -2.21. The molecule has 0 radical (unpaired) electrons. The molecule has 0 aromatic heterocycles. The van der Waals surface area contributed by atoms with Crippen molar-refractivity contribution < 1.29 is 44.1 Å². The average molecular weight is 433 g/mol. The van der Waals surface area contributed by atoms with Gasteiger partial charge in [-0.05, 0) is 19.8 Å². The van der Waals surface area contributed by atoms with Crippen molar-refractivity contribution in [1.82, 2.24) is 16.0 Å². The highest BCUT2D eigenvalue weighted by Gasteiger charge is 2.27. The van der Waals surface area contributed by atoms with Crippen molar-refractivity contribution >= 4 is 35.6 Å². The zero-order valence-electron chi connectivity index (χ0n) is 16.3. The summed E-state index contributed by atoms with van der Waals surface area (Å²) in [6.45, 7) is 0.581. The minimum Gasteiger partial charge on any atom is -0.481 e. The molecule has 0 fully saturated rings. The standard InChI is InChI=1S/C16H27N5O9/c1-7(22)13(18)15(28)21-8(2-4-10(17)23)14(27)19-6-11(24)20-9(16(29)30)3-5-12(25)26/h7-9,13,22H,2-6,18H2,1H3,(H2,17,23)(H,19,27)(H,20,24)(H,21,28)(H,25,26)(H,29,30). The number of aliphatic hydroxyl groups excluding tert-OH is 1. The lowest BCUT2D eigenvalue weighted by molar-refractivity contribution is -0.143. The SMILES string of the molecule is CC(O)C(N)C(=O)NC(CCC(N)=O)C(=O)NCC(=O)NC(CCC(=O)O)C(=O)O. The molecule has 0 saturated carbocycles. The van der Waals surface area contributed by atoms with E-state index in [0.717, 1.165) is 0 Å². The van der Waals surface area contributed by atoms with Crippen molar-refractivity contribution in [3.63, 3.8) is 0 Å². The fraction of sp³-hybridized carbons (Fsp3) is 0.625. The van der Waals surface area contributed by atoms with Crippen LogP contribution in [0.5, 0.6) is 0 Å². The van der Waals surface area contributed by atoms with E-state index in [1.54, 1.807) is 0 Å². The van der Waals surface area contributed by atoms with Gasteiger partial charge >= 0.3 is 11.9 Å². The van der Waals surface area contributed by atoms with Crippen LogP contribution in [0.2, 0.25) is 0 Å². The van der Waals surface area contributed by atoms with Gasteiger partial charge in [0.15, 0.2) is 0 Å². The predicted octanol–water partition coefficient (Wildman–Crippen LogP) is -4.00. The van der Waals surface area contributed by atoms with Gasteiger partial charge in [0.25, 0.3) is 0 Å². The second kappa shape index (κ2) is 13.1. The molecule has 0 bridgehead atoms. The number of hydrogen-bond acceptors (Lipinski definition) is 8. The molecule has 0 heterocycles. The van der Waals surface area contributed by atoms with Crippen molar-refractivity contribution in [2.75, 3.05) is 6.54 Å². The maximum Gasteiger partial charge on any atom is 0.326 e. The normalized spacial score (nSPS) is 14.5. The highest BCUT2D eigenvalue weighted by Crippen LogP contribution is 2.01. The molecule has 14 heteroatoms. The van der Waals surface area contributed by atoms with E-state index in [1.807, 2.05) is 0 Å². The minimum atomic E-state index is -1.47. The summed E-state index contributed by atoms with van der Waals surface area (Å²) in [5.41, 5.74) is 10.5. The Balaban J connectivity index is 4.89. The summed E-state index contributed by atoms with van der Waals surface area (Å²) >= 11 is 0. The highest BCUT2D eigenvalue weighted by atomic mass is 16.4. The third-order valence-electron chi connectivity index (χ3n) is 3.84. The molecule has 10 N–H and O–H groups in total. The molecule has 170 valence electrons. The van der Waals surface area contributed by atoms with Crippen LogP contribution in [0.15, 0.2) is 0 Å². The summed E-state index contributed by atoms with van der Waals surface area (Å²) in [5, 5.41) is 33.4. The predicted molar refractivity (Wildman–Crippen MR) is 99.5 cm³/mol. The van der Waals surface area contributed by atoms with E-state index in [0.29, 0.717) is 0 Å². The van der Waals surface area contributed by atoms with Crippen LogP contribution in [0.4, 0.5) is 0 Å². The molecule has 4 unspecified atom stereocenters. The zero-order chi connectivity index (χ0) is 23.4. The van der Waals surface area contributed by atoms with E-state index in [1.165, 1.54) is 6.92 Å². The second-order valence-electron chi connectivity index (χ2n) is 6.44. The van der Waals surface area contributed by atoms with Gasteiger partial charge in [0.1, 0.15) is 18.1 Å². The van der Waals surface area contributed by atoms with Crippen LogP contribution in [0.3, 0.4) is 0 Å². The van der Waals surface area contributed by atoms with Crippen LogP contribution in [0, 0.1) is 0 Å². The largest absolute Gasteiger partial charge is 0.481 e. The van der Waals surface area contributed by atoms with Gasteiger partial charge in [-0.2, -0.15) is 0 Å². The number of nitrogens with two attached hydrogens (primary N) is 2. The number of carboxylic acids is 2. The maximum atomic E-state index is 12.3. The number of carboxylic acid groups (broad SMARTS) is 2. The van der Waals surface area contributed by atoms with Crippen LogP contribution in [0.1, 0.15) is 32.6 Å². The molecule has 0 aliphatic heterocycles. The number of aliphatic carboxylic acids is 2. The van der Waals surface area contributed by atoms with Crippen molar-refractivity contribution in [2.24, 2.45) is 11.5 Å². The van der Waals surface area contributed by atoms with Crippen molar-refractivity contribution in [3.8, 4) is 0 Å². The number of carbonyl (C=O) groups excluding carboxylic acids is 4. The lowest BCUT2D eigenvalue weighted by Crippen LogP contribution is -2.55. The molecule has 0 aliphatic carbocycles. The number of aliphatic hydroxyl groups is 1. The van der Waals surface area contributed by atoms with Crippen LogP contribution in [-0.2, 0) is 28.8 Å². The number of primary amides is 1. The first-order valence-electron chi connectivity index (χ1n) is 8.89. The minimum absolute atomic E-state index is 0.211. The first-order valence-corrected chi connectivity index (χ1v) is 8.89. The van der Waals surface area contributed by atoms with E-state index in [4.69, 9.17) is 21.7 Å². The Hall–Kier alpha value is -3.26. The molecule has 30 heavy (non-hydrogen) atoms. The smallest absolute Gasteiger partial charge is 0.326 e. The summed E-state index contributed by atoms with van der Waals surface area (Å²) in [4.78, 5) is 68.6. The molecular weight excluding hydrogens is 406 g/mol. The fourth-order valence-corrected chi connectivity index (χ4v) is 2.10. The number of amides is 4. The van der Waals surface area contributed by atoms with Crippen LogP contribution < -0.4 is 27.4 Å². The Bertz CT molecular complexity index is 667. The van der Waals surface area contributed by atoms with Gasteiger partial charge < -0.3 is 42.7 Å². The molecular formula is C16H27N5O9. The summed E-state index contributed by atoms with van der Waals surface area (Å²) in [6.07, 6.45) is -2.55. The lowest BCUT2D eigenvalue weighted by atomic mass is 10.1. The number of rotatable bonds is 14. The van der Waals surface area contributed by atoms with Crippen LogP contribution >= 0.6 is 0 Å². The van der Waals surface area contributed by atoms with Gasteiger partial charge in [0.05, 0.1) is 12.6 Å². The quantitative estimate of drug-likeness (QED) is 0.132. The van der Waals surface area contributed by atoms with Crippen molar-refractivity contribution in [3.05, 3.63) is 0 Å². The average Bonchev–Trinajstić information content (AvgIpc) is 2.64. The summed E-state index contributed by atoms with van der Waals surface area (Å²) in [7, 11) is 0. The Labute approximate surface area is 171 Å². The molecule has 0 spiro atoms. The van der Waals surface area contributed by atoms with Crippen LogP contribution in [0.25, 0.3) is 0 Å². The molecule has 0 aromatic carbocycles. The van der Waals surface area contributed by atoms with Gasteiger partial charge in [-0.1, -0.05) is 0 Å². The number of hydrogen-bond donors (Lipinski definition) is 8. The number of nitrogens with one attached hydrogen (secondary N) is 3. The van der Waals surface area contributed by atoms with E-state index < -0.39 is 72.8 Å². The molecule has 0 rings (SSSR count). The van der Waals surface area contributed by atoms with E-state index in [9.17, 15) is 33.9 Å². The van der Waals surface area contributed by atoms with Gasteiger partial charge in [0, 0.05) is 12.8 Å². The van der Waals surface area contributed by atoms with Gasteiger partial charge in [-0.15, -0.1) is 0 Å². The van der Waals surface area contributed by atoms with Gasteiger partial charge in [-0.25, -0.2) is 4.79 Å². The molecule has 4 amide bonds. The summed E-state index contributed by atoms with van der Waals surface area (Å²) < 4.78 is 0. The van der Waals surface area contributed by atoms with E-state index in [-0.39, 0.29) is 19.3 Å². The fourth-order valence-electron chi connectivity index (χ4n) is 2.10. The summed E-state index contributed by atoms with van der Waals surface area (Å²) in [5.74, 6) is -6.11. The Morgan fingerprint density at radius 1 is 0.900 bits per heavy atom. The first-order chi connectivity index (χ1) is 13.8.